The van der Waals surface area contributed by atoms with Crippen molar-refractivity contribution in [2.75, 3.05) is 17.2 Å². The molecule has 0 unspecified atom stereocenters. The Morgan fingerprint density at radius 1 is 1.22 bits per heavy atom. The molecule has 0 radical (unpaired) electrons. The van der Waals surface area contributed by atoms with Crippen LogP contribution < -0.4 is 15.4 Å². The van der Waals surface area contributed by atoms with E-state index in [1.807, 2.05) is 63.2 Å². The zero-order chi connectivity index (χ0) is 16.8. The number of anilines is 2. The Bertz CT molecular complexity index is 686. The number of carbonyl (C=O) groups excluding carboxylic acids is 1. The average Bonchev–Trinajstić information content (AvgIpc) is 2.49. The number of benzene rings is 2. The summed E-state index contributed by atoms with van der Waals surface area (Å²) in [5, 5.41) is 6.00. The molecule has 0 saturated heterocycles. The van der Waals surface area contributed by atoms with Crippen LogP contribution in [0.15, 0.2) is 46.9 Å². The number of hydrogen-bond acceptors (Lipinski definition) is 3. The van der Waals surface area contributed by atoms with Crippen LogP contribution in [0, 0.1) is 6.92 Å². The average molecular weight is 377 g/mol. The van der Waals surface area contributed by atoms with Crippen molar-refractivity contribution in [2.24, 2.45) is 0 Å². The van der Waals surface area contributed by atoms with E-state index in [1.165, 1.54) is 0 Å². The molecule has 23 heavy (non-hydrogen) atoms. The molecule has 1 amide bonds. The zero-order valence-corrected chi connectivity index (χ0v) is 15.1. The molecule has 0 aliphatic rings. The summed E-state index contributed by atoms with van der Waals surface area (Å²) < 4.78 is 6.75. The van der Waals surface area contributed by atoms with Crippen molar-refractivity contribution in [1.82, 2.24) is 0 Å². The standard InChI is InChI=1S/C18H21BrN2O2/c1-12(2)23-17-7-5-4-6-16(17)20-11-18(22)21-14-8-9-15(19)13(3)10-14/h4-10,12,20H,11H2,1-3H3,(H,21,22). The maximum atomic E-state index is 12.1. The molecule has 2 aromatic carbocycles. The summed E-state index contributed by atoms with van der Waals surface area (Å²) in [6, 6.07) is 13.3. The van der Waals surface area contributed by atoms with Crippen LogP contribution >= 0.6 is 15.9 Å². The van der Waals surface area contributed by atoms with Crippen molar-refractivity contribution < 1.29 is 9.53 Å². The van der Waals surface area contributed by atoms with E-state index < -0.39 is 0 Å². The molecule has 0 aliphatic carbocycles. The number of hydrogen-bond donors (Lipinski definition) is 2. The van der Waals surface area contributed by atoms with Gasteiger partial charge < -0.3 is 15.4 Å². The second-order valence-corrected chi connectivity index (χ2v) is 6.38. The van der Waals surface area contributed by atoms with Gasteiger partial charge in [0, 0.05) is 10.2 Å². The van der Waals surface area contributed by atoms with Crippen LogP contribution in [0.25, 0.3) is 0 Å². The monoisotopic (exact) mass is 376 g/mol. The lowest BCUT2D eigenvalue weighted by atomic mass is 10.2. The molecule has 4 nitrogen and oxygen atoms in total. The van der Waals surface area contributed by atoms with Gasteiger partial charge in [0.15, 0.2) is 0 Å². The van der Waals surface area contributed by atoms with Crippen LogP contribution in [0.2, 0.25) is 0 Å². The summed E-state index contributed by atoms with van der Waals surface area (Å²) >= 11 is 3.45. The lowest BCUT2D eigenvalue weighted by Gasteiger charge is -2.15. The van der Waals surface area contributed by atoms with Crippen molar-refractivity contribution in [2.45, 2.75) is 26.9 Å². The maximum absolute atomic E-state index is 12.1. The molecule has 0 spiro atoms. The van der Waals surface area contributed by atoms with Crippen LogP contribution in [-0.2, 0) is 4.79 Å². The van der Waals surface area contributed by atoms with Crippen molar-refractivity contribution in [3.63, 3.8) is 0 Å². The van der Waals surface area contributed by atoms with Crippen molar-refractivity contribution in [1.29, 1.82) is 0 Å². The number of amides is 1. The summed E-state index contributed by atoms with van der Waals surface area (Å²) in [5.74, 6) is 0.640. The minimum Gasteiger partial charge on any atom is -0.489 e. The summed E-state index contributed by atoms with van der Waals surface area (Å²) in [6.07, 6.45) is 0.0810. The van der Waals surface area contributed by atoms with Crippen molar-refractivity contribution in [3.8, 4) is 5.75 Å². The topological polar surface area (TPSA) is 50.4 Å². The Morgan fingerprint density at radius 2 is 1.96 bits per heavy atom. The number of rotatable bonds is 6. The van der Waals surface area contributed by atoms with E-state index in [0.717, 1.165) is 27.2 Å². The van der Waals surface area contributed by atoms with Crippen LogP contribution in [0.1, 0.15) is 19.4 Å². The summed E-state index contributed by atoms with van der Waals surface area (Å²) in [6.45, 7) is 6.10. The van der Waals surface area contributed by atoms with Crippen LogP contribution in [0.3, 0.4) is 0 Å². The second-order valence-electron chi connectivity index (χ2n) is 5.53. The largest absolute Gasteiger partial charge is 0.489 e. The first kappa shape index (κ1) is 17.3. The Balaban J connectivity index is 1.95. The second kappa shape index (κ2) is 8.02. The predicted molar refractivity (Wildman–Crippen MR) is 98.2 cm³/mol. The highest BCUT2D eigenvalue weighted by molar-refractivity contribution is 9.10. The molecule has 0 aliphatic heterocycles. The van der Waals surface area contributed by atoms with Gasteiger partial charge in [-0.15, -0.1) is 0 Å². The van der Waals surface area contributed by atoms with Gasteiger partial charge in [0.25, 0.3) is 0 Å². The van der Waals surface area contributed by atoms with E-state index in [9.17, 15) is 4.79 Å². The van der Waals surface area contributed by atoms with Gasteiger partial charge >= 0.3 is 0 Å². The Kier molecular flexibility index (Phi) is 6.04. The number of ether oxygens (including phenoxy) is 1. The SMILES string of the molecule is Cc1cc(NC(=O)CNc2ccccc2OC(C)C)ccc1Br. The smallest absolute Gasteiger partial charge is 0.243 e. The van der Waals surface area contributed by atoms with Gasteiger partial charge in [-0.25, -0.2) is 0 Å². The number of nitrogens with one attached hydrogen (secondary N) is 2. The van der Waals surface area contributed by atoms with E-state index in [0.29, 0.717) is 0 Å². The highest BCUT2D eigenvalue weighted by Crippen LogP contribution is 2.24. The first-order valence-corrected chi connectivity index (χ1v) is 8.30. The van der Waals surface area contributed by atoms with E-state index in [4.69, 9.17) is 4.74 Å². The predicted octanol–water partition coefficient (Wildman–Crippen LogP) is 4.60. The Morgan fingerprint density at radius 3 is 2.65 bits per heavy atom. The zero-order valence-electron chi connectivity index (χ0n) is 13.5. The van der Waals surface area contributed by atoms with Gasteiger partial charge in [0.1, 0.15) is 5.75 Å². The van der Waals surface area contributed by atoms with Gasteiger partial charge in [-0.1, -0.05) is 28.1 Å². The van der Waals surface area contributed by atoms with Gasteiger partial charge in [-0.3, -0.25) is 4.79 Å². The molecule has 122 valence electrons. The van der Waals surface area contributed by atoms with Crippen molar-refractivity contribution in [3.05, 3.63) is 52.5 Å². The fourth-order valence-electron chi connectivity index (χ4n) is 2.07. The van der Waals surface area contributed by atoms with Gasteiger partial charge in [0.05, 0.1) is 18.3 Å². The molecule has 2 N–H and O–H groups in total. The fourth-order valence-corrected chi connectivity index (χ4v) is 2.32. The molecular formula is C18H21BrN2O2. The molecule has 2 rings (SSSR count). The number of carbonyl (C=O) groups is 1. The lowest BCUT2D eigenvalue weighted by Crippen LogP contribution is -2.22. The van der Waals surface area contributed by atoms with E-state index >= 15 is 0 Å². The van der Waals surface area contributed by atoms with Gasteiger partial charge in [0.2, 0.25) is 5.91 Å². The van der Waals surface area contributed by atoms with Crippen LogP contribution in [0.4, 0.5) is 11.4 Å². The van der Waals surface area contributed by atoms with E-state index in [2.05, 4.69) is 26.6 Å². The molecule has 5 heteroatoms. The van der Waals surface area contributed by atoms with Gasteiger partial charge in [-0.05, 0) is 56.7 Å². The third-order valence-corrected chi connectivity index (χ3v) is 4.02. The summed E-state index contributed by atoms with van der Waals surface area (Å²) in [5.41, 5.74) is 2.67. The number of para-hydroxylation sites is 2. The molecule has 0 saturated carbocycles. The normalized spacial score (nSPS) is 10.5. The maximum Gasteiger partial charge on any atom is 0.243 e. The highest BCUT2D eigenvalue weighted by Gasteiger charge is 2.08. The molecule has 0 fully saturated rings. The molecule has 0 heterocycles. The van der Waals surface area contributed by atoms with E-state index in [-0.39, 0.29) is 18.6 Å². The third-order valence-electron chi connectivity index (χ3n) is 3.13. The molecule has 0 bridgehead atoms. The van der Waals surface area contributed by atoms with Crippen LogP contribution in [0.5, 0.6) is 5.75 Å². The first-order valence-electron chi connectivity index (χ1n) is 7.51. The summed E-state index contributed by atoms with van der Waals surface area (Å²) in [7, 11) is 0. The van der Waals surface area contributed by atoms with Crippen LogP contribution in [-0.4, -0.2) is 18.6 Å². The van der Waals surface area contributed by atoms with Crippen molar-refractivity contribution >= 4 is 33.2 Å². The number of halogens is 1. The number of aryl methyl sites for hydroxylation is 1. The highest BCUT2D eigenvalue weighted by atomic mass is 79.9. The van der Waals surface area contributed by atoms with Gasteiger partial charge in [-0.2, -0.15) is 0 Å². The lowest BCUT2D eigenvalue weighted by molar-refractivity contribution is -0.114. The quantitative estimate of drug-likeness (QED) is 0.774. The molecular weight excluding hydrogens is 356 g/mol. The molecule has 2 aromatic rings. The minimum atomic E-state index is -0.105. The van der Waals surface area contributed by atoms with E-state index in [1.54, 1.807) is 0 Å². The minimum absolute atomic E-state index is 0.0810. The fraction of sp³-hybridized carbons (Fsp3) is 0.278. The Hall–Kier alpha value is -2.01. The molecule has 0 atom stereocenters. The summed E-state index contributed by atoms with van der Waals surface area (Å²) in [4.78, 5) is 12.1. The molecule has 0 aromatic heterocycles. The first-order chi connectivity index (χ1) is 11.0. The Labute approximate surface area is 145 Å². The third kappa shape index (κ3) is 5.28.